The molecule has 0 amide bonds. The van der Waals surface area contributed by atoms with Crippen LogP contribution in [-0.2, 0) is 0 Å². The van der Waals surface area contributed by atoms with Crippen LogP contribution in [0.15, 0.2) is 328 Å². The van der Waals surface area contributed by atoms with Crippen LogP contribution in [0.1, 0.15) is 0 Å². The minimum atomic E-state index is 0.669. The normalized spacial score (nSPS) is 12.0. The predicted molar refractivity (Wildman–Crippen MR) is 411 cm³/mol. The Morgan fingerprint density at radius 3 is 0.770 bits per heavy atom. The van der Waals surface area contributed by atoms with Gasteiger partial charge < -0.3 is 19.6 Å². The van der Waals surface area contributed by atoms with Crippen molar-refractivity contribution in [3.63, 3.8) is 0 Å². The molecule has 0 saturated carbocycles. The van der Waals surface area contributed by atoms with Gasteiger partial charge in [-0.1, -0.05) is 158 Å². The number of para-hydroxylation sites is 8. The van der Waals surface area contributed by atoms with Crippen molar-refractivity contribution >= 4 is 189 Å². The zero-order valence-corrected chi connectivity index (χ0v) is 53.5. The first-order chi connectivity index (χ1) is 49.7. The Morgan fingerprint density at radius 1 is 0.200 bits per heavy atom. The van der Waals surface area contributed by atoms with Crippen molar-refractivity contribution in [3.05, 3.63) is 328 Å². The fraction of sp³-hybridized carbons (Fsp3) is 0. The second kappa shape index (κ2) is 21.8. The Morgan fingerprint density at radius 2 is 0.470 bits per heavy atom. The number of pyridine rings is 4. The van der Waals surface area contributed by atoms with Crippen molar-refractivity contribution in [2.45, 2.75) is 0 Å². The third-order valence-corrected chi connectivity index (χ3v) is 19.9. The quantitative estimate of drug-likeness (QED) is 0.0869. The van der Waals surface area contributed by atoms with Gasteiger partial charge in [0.15, 0.2) is 0 Å². The van der Waals surface area contributed by atoms with Crippen LogP contribution in [0.2, 0.25) is 0 Å². The first-order valence-electron chi connectivity index (χ1n) is 33.6. The summed E-state index contributed by atoms with van der Waals surface area (Å²) < 4.78 is 4.86. The second-order valence-electron chi connectivity index (χ2n) is 25.5. The summed E-state index contributed by atoms with van der Waals surface area (Å²) in [5.74, 6) is 0. The van der Waals surface area contributed by atoms with Crippen LogP contribution < -0.4 is 19.6 Å². The third kappa shape index (κ3) is 8.22. The molecule has 21 rings (SSSR count). The molecule has 9 heterocycles. The molecule has 0 aliphatic carbocycles. The Bertz CT molecular complexity index is 6190. The third-order valence-electron chi connectivity index (χ3n) is 19.9. The summed E-state index contributed by atoms with van der Waals surface area (Å²) in [5.41, 5.74) is 21.6. The van der Waals surface area contributed by atoms with Crippen LogP contribution in [0.4, 0.5) is 68.2 Å². The highest BCUT2D eigenvalue weighted by Crippen LogP contribution is 2.54. The molecule has 0 radical (unpaired) electrons. The first-order valence-corrected chi connectivity index (χ1v) is 33.6. The Hall–Kier alpha value is -13.8. The molecule has 0 fully saturated rings. The van der Waals surface area contributed by atoms with E-state index in [0.717, 1.165) is 178 Å². The van der Waals surface area contributed by atoms with Crippen LogP contribution >= 0.6 is 0 Å². The lowest BCUT2D eigenvalue weighted by atomic mass is 10.0. The number of hydrogen-bond donors (Lipinski definition) is 0. The van der Waals surface area contributed by atoms with Crippen molar-refractivity contribution in [2.24, 2.45) is 0 Å². The second-order valence-corrected chi connectivity index (χ2v) is 25.5. The molecule has 0 aliphatic rings. The summed E-state index contributed by atoms with van der Waals surface area (Å²) in [4.78, 5) is 43.4. The van der Waals surface area contributed by atoms with E-state index in [2.05, 4.69) is 320 Å². The number of fused-ring (bicyclic) bond motifs is 22. The van der Waals surface area contributed by atoms with Crippen LogP contribution in [0.3, 0.4) is 0 Å². The maximum atomic E-state index is 6.09. The summed E-state index contributed by atoms with van der Waals surface area (Å²) in [6.07, 6.45) is 7.79. The molecule has 0 atom stereocenters. The molecule has 0 N–H and O–H groups in total. The standard InChI is InChI=1S/C88H54N12/c1-9-27-55(28-10-1)95(56-29-11-2-12-30-56)63-47-69-71-51-65(97(59-35-17-5-18-36-59)60-37-19-6-20-38-60)53-91-87(71)99-83(69)73(49-63)75-79-80(94-82-78-68(44-26-46-90-78)67-43-25-45-89-77(67)81(82)93-79)76-74-50-64(96(57-31-13-3-14-32-57)58-33-15-4-16-34-58)48-70-72-52-66(54-92-88(72)100(84(70)74)86(76)85(75)99)98(61-39-21-7-22-40-61)62-41-23-8-24-42-62/h1-54H. The van der Waals surface area contributed by atoms with E-state index in [9.17, 15) is 0 Å². The van der Waals surface area contributed by atoms with E-state index >= 15 is 0 Å². The molecule has 12 aromatic carbocycles. The van der Waals surface area contributed by atoms with Crippen molar-refractivity contribution in [2.75, 3.05) is 19.6 Å². The molecule has 0 saturated heterocycles. The number of nitrogens with zero attached hydrogens (tertiary/aromatic N) is 12. The van der Waals surface area contributed by atoms with Gasteiger partial charge >= 0.3 is 0 Å². The van der Waals surface area contributed by atoms with Gasteiger partial charge in [-0.25, -0.2) is 19.9 Å². The fourth-order valence-corrected chi connectivity index (χ4v) is 15.9. The van der Waals surface area contributed by atoms with Crippen molar-refractivity contribution in [3.8, 4) is 0 Å². The van der Waals surface area contributed by atoms with E-state index in [4.69, 9.17) is 29.9 Å². The molecular weight excluding hydrogens is 1230 g/mol. The molecule has 12 nitrogen and oxygen atoms in total. The van der Waals surface area contributed by atoms with Crippen LogP contribution in [0.5, 0.6) is 0 Å². The fourth-order valence-electron chi connectivity index (χ4n) is 15.9. The number of benzene rings is 12. The Labute approximate surface area is 571 Å². The summed E-state index contributed by atoms with van der Waals surface area (Å²) in [6.45, 7) is 0. The van der Waals surface area contributed by atoms with Gasteiger partial charge in [0, 0.05) is 123 Å². The van der Waals surface area contributed by atoms with Gasteiger partial charge in [-0.3, -0.25) is 18.8 Å². The van der Waals surface area contributed by atoms with Crippen molar-refractivity contribution in [1.82, 2.24) is 38.7 Å². The number of anilines is 12. The lowest BCUT2D eigenvalue weighted by Crippen LogP contribution is -2.10. The first kappa shape index (κ1) is 55.4. The topological polar surface area (TPSA) is 99.1 Å². The molecule has 0 aliphatic heterocycles. The molecule has 0 unspecified atom stereocenters. The van der Waals surface area contributed by atoms with Gasteiger partial charge in [0.1, 0.15) is 33.4 Å². The summed E-state index contributed by atoms with van der Waals surface area (Å²) in [5, 5.41) is 9.74. The largest absolute Gasteiger partial charge is 0.310 e. The maximum absolute atomic E-state index is 6.09. The van der Waals surface area contributed by atoms with Gasteiger partial charge in [-0.2, -0.15) is 0 Å². The molecule has 9 aromatic heterocycles. The smallest absolute Gasteiger partial charge is 0.145 e. The highest BCUT2D eigenvalue weighted by molar-refractivity contribution is 6.41. The van der Waals surface area contributed by atoms with E-state index in [1.165, 1.54) is 0 Å². The molecule has 21 aromatic rings. The molecule has 0 bridgehead atoms. The highest BCUT2D eigenvalue weighted by atomic mass is 15.2. The molecule has 12 heteroatoms. The Kier molecular flexibility index (Phi) is 12.1. The van der Waals surface area contributed by atoms with Gasteiger partial charge in [0.05, 0.1) is 56.9 Å². The van der Waals surface area contributed by atoms with E-state index in [-0.39, 0.29) is 0 Å². The van der Waals surface area contributed by atoms with E-state index in [0.29, 0.717) is 11.0 Å². The molecular formula is C88H54N12. The van der Waals surface area contributed by atoms with E-state index in [1.807, 2.05) is 36.9 Å². The number of aromatic nitrogens is 8. The minimum Gasteiger partial charge on any atom is -0.310 e. The summed E-state index contributed by atoms with van der Waals surface area (Å²) in [6, 6.07) is 107. The summed E-state index contributed by atoms with van der Waals surface area (Å²) in [7, 11) is 0. The Balaban J connectivity index is 0.993. The van der Waals surface area contributed by atoms with E-state index in [1.54, 1.807) is 0 Å². The van der Waals surface area contributed by atoms with E-state index < -0.39 is 0 Å². The monoisotopic (exact) mass is 1280 g/mol. The van der Waals surface area contributed by atoms with Crippen LogP contribution in [0.25, 0.3) is 120 Å². The van der Waals surface area contributed by atoms with Gasteiger partial charge in [-0.15, -0.1) is 0 Å². The lowest BCUT2D eigenvalue weighted by molar-refractivity contribution is 1.21. The summed E-state index contributed by atoms with van der Waals surface area (Å²) >= 11 is 0. The molecule has 0 spiro atoms. The highest BCUT2D eigenvalue weighted by Gasteiger charge is 2.33. The predicted octanol–water partition coefficient (Wildman–Crippen LogP) is 22.8. The zero-order chi connectivity index (χ0) is 65.5. The minimum absolute atomic E-state index is 0.669. The van der Waals surface area contributed by atoms with Gasteiger partial charge in [0.25, 0.3) is 0 Å². The van der Waals surface area contributed by atoms with Gasteiger partial charge in [-0.05, 0) is 146 Å². The number of rotatable bonds is 12. The SMILES string of the molecule is c1ccc(N(c2ccccc2)c2cnc3c(c2)c2cc(N(c4ccccc4)c4ccccc4)cc4c5c6nc7c8ncccc8c8cccnc8c7nc6c6c7cc(N(c8ccccc8)c8ccccc8)cc8c9cc(N(c%10ccccc%10)c%10ccccc%10)cnc9n(c87)c6c5n3c24)cc1. The number of hydrogen-bond acceptors (Lipinski definition) is 10. The maximum Gasteiger partial charge on any atom is 0.145 e. The zero-order valence-electron chi connectivity index (χ0n) is 53.5. The van der Waals surface area contributed by atoms with Crippen molar-refractivity contribution in [1.29, 1.82) is 0 Å². The average molecular weight is 1280 g/mol. The molecule has 100 heavy (non-hydrogen) atoms. The van der Waals surface area contributed by atoms with Crippen LogP contribution in [-0.4, -0.2) is 38.7 Å². The van der Waals surface area contributed by atoms with Gasteiger partial charge in [0.2, 0.25) is 0 Å². The molecule has 466 valence electrons. The lowest BCUT2D eigenvalue weighted by Gasteiger charge is -2.26. The van der Waals surface area contributed by atoms with Crippen LogP contribution in [0, 0.1) is 0 Å². The van der Waals surface area contributed by atoms with Crippen molar-refractivity contribution < 1.29 is 0 Å². The average Bonchev–Trinajstić information content (AvgIpc) is 1.49.